The first-order valence-electron chi connectivity index (χ1n) is 10.9. The van der Waals surface area contributed by atoms with E-state index in [0.717, 1.165) is 38.8 Å². The predicted molar refractivity (Wildman–Crippen MR) is 112 cm³/mol. The molecule has 28 heavy (non-hydrogen) atoms. The zero-order valence-corrected chi connectivity index (χ0v) is 17.2. The molecule has 2 atom stereocenters. The molecular weight excluding hydrogens is 350 g/mol. The molecule has 0 aromatic heterocycles. The van der Waals surface area contributed by atoms with Gasteiger partial charge in [-0.15, -0.1) is 0 Å². The van der Waals surface area contributed by atoms with E-state index in [1.807, 2.05) is 18.2 Å². The Morgan fingerprint density at radius 3 is 2.39 bits per heavy atom. The van der Waals surface area contributed by atoms with Gasteiger partial charge in [0, 0.05) is 31.6 Å². The molecule has 1 saturated heterocycles. The number of carbonyl (C=O) groups excluding carboxylic acids is 2. The lowest BCUT2D eigenvalue weighted by molar-refractivity contribution is -0.125. The SMILES string of the molecule is C[C@H]1CCCC[C@@H]1NC(=O)CN1CCC(NC(=O)CCc2ccccc2)CC1. The molecule has 1 aliphatic carbocycles. The van der Waals surface area contributed by atoms with Crippen LogP contribution in [0, 0.1) is 5.92 Å². The summed E-state index contributed by atoms with van der Waals surface area (Å²) < 4.78 is 0. The lowest BCUT2D eigenvalue weighted by atomic mass is 9.86. The number of rotatable bonds is 7. The number of carbonyl (C=O) groups is 2. The monoisotopic (exact) mass is 385 g/mol. The van der Waals surface area contributed by atoms with Crippen LogP contribution >= 0.6 is 0 Å². The van der Waals surface area contributed by atoms with Crippen LogP contribution in [0.5, 0.6) is 0 Å². The minimum atomic E-state index is 0.131. The molecule has 2 aliphatic rings. The highest BCUT2D eigenvalue weighted by Crippen LogP contribution is 2.23. The molecule has 0 bridgehead atoms. The molecule has 154 valence electrons. The summed E-state index contributed by atoms with van der Waals surface area (Å²) in [5.74, 6) is 0.880. The average Bonchev–Trinajstić information content (AvgIpc) is 2.70. The smallest absolute Gasteiger partial charge is 0.234 e. The van der Waals surface area contributed by atoms with Gasteiger partial charge in [-0.25, -0.2) is 0 Å². The third-order valence-electron chi connectivity index (χ3n) is 6.26. The molecule has 0 radical (unpaired) electrons. The number of piperidine rings is 1. The van der Waals surface area contributed by atoms with Gasteiger partial charge in [-0.05, 0) is 43.6 Å². The maximum atomic E-state index is 12.4. The number of benzene rings is 1. The van der Waals surface area contributed by atoms with Gasteiger partial charge in [0.25, 0.3) is 0 Å². The molecule has 0 spiro atoms. The van der Waals surface area contributed by atoms with E-state index in [2.05, 4.69) is 34.6 Å². The standard InChI is InChI=1S/C23H35N3O2/c1-18-7-5-6-10-21(18)25-23(28)17-26-15-13-20(14-16-26)24-22(27)12-11-19-8-3-2-4-9-19/h2-4,8-9,18,20-21H,5-7,10-17H2,1H3,(H,24,27)(H,25,28)/t18-,21-/m0/s1. The Morgan fingerprint density at radius 1 is 0.964 bits per heavy atom. The molecule has 5 nitrogen and oxygen atoms in total. The fourth-order valence-electron chi connectivity index (χ4n) is 4.42. The number of nitrogens with zero attached hydrogens (tertiary/aromatic N) is 1. The largest absolute Gasteiger partial charge is 0.353 e. The van der Waals surface area contributed by atoms with Crippen LogP contribution in [-0.4, -0.2) is 48.4 Å². The minimum absolute atomic E-state index is 0.131. The second kappa shape index (κ2) is 10.6. The van der Waals surface area contributed by atoms with Gasteiger partial charge in [0.05, 0.1) is 6.54 Å². The van der Waals surface area contributed by atoms with Gasteiger partial charge in [0.1, 0.15) is 0 Å². The van der Waals surface area contributed by atoms with Gasteiger partial charge in [-0.3, -0.25) is 14.5 Å². The van der Waals surface area contributed by atoms with Crippen molar-refractivity contribution in [1.29, 1.82) is 0 Å². The lowest BCUT2D eigenvalue weighted by Gasteiger charge is -2.33. The quantitative estimate of drug-likeness (QED) is 0.759. The van der Waals surface area contributed by atoms with Crippen LogP contribution in [0.3, 0.4) is 0 Å². The summed E-state index contributed by atoms with van der Waals surface area (Å²) in [6.45, 7) is 4.47. The van der Waals surface area contributed by atoms with Crippen LogP contribution in [0.2, 0.25) is 0 Å². The molecule has 2 N–H and O–H groups in total. The second-order valence-electron chi connectivity index (χ2n) is 8.54. The Labute approximate surface area is 169 Å². The molecule has 0 unspecified atom stereocenters. The molecule has 1 saturated carbocycles. The molecule has 1 heterocycles. The number of amides is 2. The van der Waals surface area contributed by atoms with Gasteiger partial charge in [-0.1, -0.05) is 50.1 Å². The molecule has 5 heteroatoms. The number of likely N-dealkylation sites (tertiary alicyclic amines) is 1. The zero-order valence-electron chi connectivity index (χ0n) is 17.2. The molecular formula is C23H35N3O2. The van der Waals surface area contributed by atoms with Gasteiger partial charge < -0.3 is 10.6 Å². The number of nitrogens with one attached hydrogen (secondary N) is 2. The fraction of sp³-hybridized carbons (Fsp3) is 0.652. The summed E-state index contributed by atoms with van der Waals surface area (Å²) in [6, 6.07) is 10.7. The maximum Gasteiger partial charge on any atom is 0.234 e. The summed E-state index contributed by atoms with van der Waals surface area (Å²) in [6.07, 6.45) is 8.01. The Hall–Kier alpha value is -1.88. The van der Waals surface area contributed by atoms with E-state index >= 15 is 0 Å². The van der Waals surface area contributed by atoms with Crippen molar-refractivity contribution in [3.63, 3.8) is 0 Å². The van der Waals surface area contributed by atoms with Crippen molar-refractivity contribution in [3.05, 3.63) is 35.9 Å². The summed E-state index contributed by atoms with van der Waals surface area (Å²) >= 11 is 0. The molecule has 1 aliphatic heterocycles. The first kappa shape index (κ1) is 20.8. The molecule has 2 amide bonds. The average molecular weight is 386 g/mol. The third-order valence-corrected chi connectivity index (χ3v) is 6.26. The topological polar surface area (TPSA) is 61.4 Å². The molecule has 2 fully saturated rings. The van der Waals surface area contributed by atoms with E-state index in [0.29, 0.717) is 24.9 Å². The summed E-state index contributed by atoms with van der Waals surface area (Å²) in [5.41, 5.74) is 1.20. The highest BCUT2D eigenvalue weighted by molar-refractivity contribution is 5.78. The first-order chi connectivity index (χ1) is 13.6. The van der Waals surface area contributed by atoms with E-state index in [-0.39, 0.29) is 17.9 Å². The number of hydrogen-bond acceptors (Lipinski definition) is 3. The third kappa shape index (κ3) is 6.62. The van der Waals surface area contributed by atoms with E-state index in [9.17, 15) is 9.59 Å². The summed E-state index contributed by atoms with van der Waals surface area (Å²) in [4.78, 5) is 26.8. The van der Waals surface area contributed by atoms with Crippen LogP contribution < -0.4 is 10.6 Å². The predicted octanol–water partition coefficient (Wildman–Crippen LogP) is 2.89. The Morgan fingerprint density at radius 2 is 1.68 bits per heavy atom. The molecule has 1 aromatic carbocycles. The Balaban J connectivity index is 1.31. The maximum absolute atomic E-state index is 12.4. The number of aryl methyl sites for hydroxylation is 1. The molecule has 1 aromatic rings. The van der Waals surface area contributed by atoms with Crippen molar-refractivity contribution in [2.45, 2.75) is 70.4 Å². The van der Waals surface area contributed by atoms with E-state index in [1.165, 1.54) is 24.8 Å². The van der Waals surface area contributed by atoms with E-state index < -0.39 is 0 Å². The zero-order chi connectivity index (χ0) is 19.8. The van der Waals surface area contributed by atoms with Crippen LogP contribution in [0.4, 0.5) is 0 Å². The minimum Gasteiger partial charge on any atom is -0.353 e. The lowest BCUT2D eigenvalue weighted by Crippen LogP contribution is -2.49. The van der Waals surface area contributed by atoms with Crippen molar-refractivity contribution < 1.29 is 9.59 Å². The number of hydrogen-bond donors (Lipinski definition) is 2. The van der Waals surface area contributed by atoms with Crippen molar-refractivity contribution in [3.8, 4) is 0 Å². The fourth-order valence-corrected chi connectivity index (χ4v) is 4.42. The van der Waals surface area contributed by atoms with Crippen molar-refractivity contribution >= 4 is 11.8 Å². The van der Waals surface area contributed by atoms with Crippen LogP contribution in [0.25, 0.3) is 0 Å². The van der Waals surface area contributed by atoms with E-state index in [4.69, 9.17) is 0 Å². The highest BCUT2D eigenvalue weighted by atomic mass is 16.2. The van der Waals surface area contributed by atoms with Gasteiger partial charge in [-0.2, -0.15) is 0 Å². The first-order valence-corrected chi connectivity index (χ1v) is 10.9. The normalized spacial score (nSPS) is 23.9. The van der Waals surface area contributed by atoms with Gasteiger partial charge >= 0.3 is 0 Å². The Kier molecular flexibility index (Phi) is 7.90. The van der Waals surface area contributed by atoms with Crippen LogP contribution in [0.15, 0.2) is 30.3 Å². The second-order valence-corrected chi connectivity index (χ2v) is 8.54. The Bertz CT molecular complexity index is 626. The molecule has 3 rings (SSSR count). The summed E-state index contributed by atoms with van der Waals surface area (Å²) in [5, 5.41) is 6.41. The summed E-state index contributed by atoms with van der Waals surface area (Å²) in [7, 11) is 0. The van der Waals surface area contributed by atoms with Crippen LogP contribution in [-0.2, 0) is 16.0 Å². The van der Waals surface area contributed by atoms with Crippen LogP contribution in [0.1, 0.15) is 57.4 Å². The van der Waals surface area contributed by atoms with Crippen molar-refractivity contribution in [1.82, 2.24) is 15.5 Å². The van der Waals surface area contributed by atoms with Gasteiger partial charge in [0.15, 0.2) is 0 Å². The van der Waals surface area contributed by atoms with Gasteiger partial charge in [0.2, 0.25) is 11.8 Å². The van der Waals surface area contributed by atoms with Crippen molar-refractivity contribution in [2.24, 2.45) is 5.92 Å². The highest BCUT2D eigenvalue weighted by Gasteiger charge is 2.25. The van der Waals surface area contributed by atoms with Crippen molar-refractivity contribution in [2.75, 3.05) is 19.6 Å². The van der Waals surface area contributed by atoms with E-state index in [1.54, 1.807) is 0 Å².